The van der Waals surface area contributed by atoms with Crippen molar-refractivity contribution in [2.24, 2.45) is 0 Å². The van der Waals surface area contributed by atoms with Gasteiger partial charge >= 0.3 is 0 Å². The first kappa shape index (κ1) is 15.3. The van der Waals surface area contributed by atoms with Crippen LogP contribution in [0.4, 0.5) is 11.6 Å². The van der Waals surface area contributed by atoms with Crippen molar-refractivity contribution < 1.29 is 0 Å². The zero-order valence-corrected chi connectivity index (χ0v) is 14.8. The lowest BCUT2D eigenvalue weighted by Crippen LogP contribution is -2.60. The SMILES string of the molecule is Cc1nnc2ccc(N3CC(N(C)c4nccn(C5CC5)c4=O)C3)nn12. The maximum absolute atomic E-state index is 12.7. The van der Waals surface area contributed by atoms with Crippen molar-refractivity contribution in [3.8, 4) is 0 Å². The van der Waals surface area contributed by atoms with Crippen LogP contribution in [0, 0.1) is 6.92 Å². The molecular formula is C17H20N8O. The Balaban J connectivity index is 1.33. The molecule has 4 heterocycles. The zero-order chi connectivity index (χ0) is 17.8. The number of aryl methyl sites for hydroxylation is 1. The molecule has 134 valence electrons. The van der Waals surface area contributed by atoms with Crippen LogP contribution in [-0.2, 0) is 0 Å². The summed E-state index contributed by atoms with van der Waals surface area (Å²) in [5.74, 6) is 2.19. The first-order valence-electron chi connectivity index (χ1n) is 8.86. The highest BCUT2D eigenvalue weighted by Gasteiger charge is 2.34. The van der Waals surface area contributed by atoms with E-state index in [9.17, 15) is 4.79 Å². The molecule has 0 spiro atoms. The Bertz CT molecular complexity index is 1030. The molecule has 3 aromatic heterocycles. The largest absolute Gasteiger partial charge is 0.351 e. The standard InChI is InChI=1S/C17H20N8O/c1-11-19-20-14-5-6-15(21-25(11)14)23-9-13(10-23)22(2)16-17(26)24(8-7-18-16)12-3-4-12/h5-8,12-13H,3-4,9-10H2,1-2H3. The number of aromatic nitrogens is 6. The average molecular weight is 352 g/mol. The molecule has 0 unspecified atom stereocenters. The highest BCUT2D eigenvalue weighted by atomic mass is 16.1. The smallest absolute Gasteiger partial charge is 0.293 e. The zero-order valence-electron chi connectivity index (χ0n) is 14.8. The van der Waals surface area contributed by atoms with E-state index in [1.54, 1.807) is 16.9 Å². The van der Waals surface area contributed by atoms with Crippen LogP contribution in [0.3, 0.4) is 0 Å². The van der Waals surface area contributed by atoms with Crippen molar-refractivity contribution in [3.63, 3.8) is 0 Å². The maximum Gasteiger partial charge on any atom is 0.293 e. The van der Waals surface area contributed by atoms with Crippen LogP contribution < -0.4 is 15.4 Å². The lowest BCUT2D eigenvalue weighted by molar-refractivity contribution is 0.484. The molecule has 9 heteroatoms. The minimum absolute atomic E-state index is 0.00982. The summed E-state index contributed by atoms with van der Waals surface area (Å²) in [6, 6.07) is 4.48. The Kier molecular flexibility index (Phi) is 3.25. The predicted octanol–water partition coefficient (Wildman–Crippen LogP) is 0.649. The van der Waals surface area contributed by atoms with Crippen LogP contribution in [-0.4, -0.2) is 55.5 Å². The summed E-state index contributed by atoms with van der Waals surface area (Å²) in [5, 5.41) is 12.7. The van der Waals surface area contributed by atoms with Crippen molar-refractivity contribution in [2.75, 3.05) is 29.9 Å². The van der Waals surface area contributed by atoms with Gasteiger partial charge in [-0.3, -0.25) is 4.79 Å². The second-order valence-electron chi connectivity index (χ2n) is 7.07. The van der Waals surface area contributed by atoms with Gasteiger partial charge in [-0.1, -0.05) is 0 Å². The number of nitrogens with zero attached hydrogens (tertiary/aromatic N) is 8. The summed E-state index contributed by atoms with van der Waals surface area (Å²) in [7, 11) is 1.95. The Morgan fingerprint density at radius 1 is 1.19 bits per heavy atom. The van der Waals surface area contributed by atoms with E-state index in [-0.39, 0.29) is 11.6 Å². The molecule has 1 aliphatic heterocycles. The van der Waals surface area contributed by atoms with Crippen LogP contribution in [0.25, 0.3) is 5.65 Å². The third-order valence-electron chi connectivity index (χ3n) is 5.26. The van der Waals surface area contributed by atoms with Crippen LogP contribution in [0.15, 0.2) is 29.3 Å². The van der Waals surface area contributed by atoms with Crippen LogP contribution in [0.5, 0.6) is 0 Å². The third kappa shape index (κ3) is 2.34. The van der Waals surface area contributed by atoms with Crippen LogP contribution in [0.1, 0.15) is 24.7 Å². The van der Waals surface area contributed by atoms with E-state index in [4.69, 9.17) is 0 Å². The fraction of sp³-hybridized carbons (Fsp3) is 0.471. The number of fused-ring (bicyclic) bond motifs is 1. The number of anilines is 2. The molecule has 0 atom stereocenters. The molecule has 3 aromatic rings. The topological polar surface area (TPSA) is 84.5 Å². The third-order valence-corrected chi connectivity index (χ3v) is 5.26. The van der Waals surface area contributed by atoms with Gasteiger partial charge in [0.2, 0.25) is 0 Å². The second kappa shape index (κ2) is 5.52. The van der Waals surface area contributed by atoms with E-state index in [2.05, 4.69) is 25.2 Å². The molecule has 5 rings (SSSR count). The van der Waals surface area contributed by atoms with E-state index in [0.29, 0.717) is 11.9 Å². The van der Waals surface area contributed by atoms with E-state index in [1.165, 1.54) is 0 Å². The fourth-order valence-electron chi connectivity index (χ4n) is 3.41. The number of likely N-dealkylation sites (N-methyl/N-ethyl adjacent to an activating group) is 1. The van der Waals surface area contributed by atoms with Crippen molar-refractivity contribution >= 4 is 17.3 Å². The molecule has 2 fully saturated rings. The first-order valence-corrected chi connectivity index (χ1v) is 8.86. The van der Waals surface area contributed by atoms with Gasteiger partial charge in [-0.25, -0.2) is 4.98 Å². The van der Waals surface area contributed by atoms with Crippen LogP contribution in [0.2, 0.25) is 0 Å². The summed E-state index contributed by atoms with van der Waals surface area (Å²) in [4.78, 5) is 21.2. The van der Waals surface area contributed by atoms with Crippen molar-refractivity contribution in [3.05, 3.63) is 40.7 Å². The summed E-state index contributed by atoms with van der Waals surface area (Å²) < 4.78 is 3.57. The molecule has 26 heavy (non-hydrogen) atoms. The minimum atomic E-state index is 0.00982. The lowest BCUT2D eigenvalue weighted by Gasteiger charge is -2.44. The molecule has 0 aromatic carbocycles. The molecule has 0 bridgehead atoms. The minimum Gasteiger partial charge on any atom is -0.351 e. The summed E-state index contributed by atoms with van der Waals surface area (Å²) >= 11 is 0. The van der Waals surface area contributed by atoms with Gasteiger partial charge in [0.1, 0.15) is 5.82 Å². The molecule has 9 nitrogen and oxygen atoms in total. The van der Waals surface area contributed by atoms with Gasteiger partial charge in [-0.05, 0) is 31.9 Å². The Hall–Kier alpha value is -2.97. The van der Waals surface area contributed by atoms with Gasteiger partial charge in [0.15, 0.2) is 17.3 Å². The van der Waals surface area contributed by atoms with Crippen molar-refractivity contribution in [2.45, 2.75) is 31.8 Å². The molecule has 0 radical (unpaired) electrons. The van der Waals surface area contributed by atoms with Gasteiger partial charge in [0, 0.05) is 38.6 Å². The maximum atomic E-state index is 12.7. The monoisotopic (exact) mass is 352 g/mol. The lowest BCUT2D eigenvalue weighted by atomic mass is 10.1. The normalized spacial score (nSPS) is 17.5. The Morgan fingerprint density at radius 2 is 2.00 bits per heavy atom. The Labute approximate surface area is 149 Å². The number of hydrogen-bond donors (Lipinski definition) is 0. The molecule has 0 amide bonds. The van der Waals surface area contributed by atoms with Gasteiger partial charge in [0.25, 0.3) is 5.56 Å². The predicted molar refractivity (Wildman–Crippen MR) is 96.7 cm³/mol. The number of rotatable bonds is 4. The van der Waals surface area contributed by atoms with Crippen molar-refractivity contribution in [1.82, 2.24) is 29.4 Å². The summed E-state index contributed by atoms with van der Waals surface area (Å²) in [6.07, 6.45) is 5.69. The van der Waals surface area contributed by atoms with Gasteiger partial charge in [0.05, 0.1) is 6.04 Å². The Morgan fingerprint density at radius 3 is 2.77 bits per heavy atom. The second-order valence-corrected chi connectivity index (χ2v) is 7.07. The van der Waals surface area contributed by atoms with E-state index in [1.807, 2.05) is 35.6 Å². The fourth-order valence-corrected chi connectivity index (χ4v) is 3.41. The van der Waals surface area contributed by atoms with Gasteiger partial charge in [-0.15, -0.1) is 15.3 Å². The van der Waals surface area contributed by atoms with Crippen molar-refractivity contribution in [1.29, 1.82) is 0 Å². The average Bonchev–Trinajstić information content (AvgIpc) is 3.38. The summed E-state index contributed by atoms with van der Waals surface area (Å²) in [5.41, 5.74) is 0.755. The van der Waals surface area contributed by atoms with Crippen LogP contribution >= 0.6 is 0 Å². The quantitative estimate of drug-likeness (QED) is 0.681. The van der Waals surface area contributed by atoms with E-state index in [0.717, 1.165) is 43.2 Å². The molecule has 0 N–H and O–H groups in total. The summed E-state index contributed by atoms with van der Waals surface area (Å²) in [6.45, 7) is 3.49. The highest BCUT2D eigenvalue weighted by Crippen LogP contribution is 2.33. The first-order chi connectivity index (χ1) is 12.6. The molecule has 1 aliphatic carbocycles. The van der Waals surface area contributed by atoms with E-state index >= 15 is 0 Å². The van der Waals surface area contributed by atoms with Gasteiger partial charge < -0.3 is 14.4 Å². The van der Waals surface area contributed by atoms with E-state index < -0.39 is 0 Å². The van der Waals surface area contributed by atoms with Gasteiger partial charge in [-0.2, -0.15) is 4.52 Å². The molecule has 1 saturated heterocycles. The number of hydrogen-bond acceptors (Lipinski definition) is 7. The highest BCUT2D eigenvalue weighted by molar-refractivity contribution is 5.50. The molecular weight excluding hydrogens is 332 g/mol. The molecule has 1 saturated carbocycles. The molecule has 2 aliphatic rings.